The number of rotatable bonds is 3. The normalized spacial score (nSPS) is 20.3. The summed E-state index contributed by atoms with van der Waals surface area (Å²) in [7, 11) is 0. The first-order valence-electron chi connectivity index (χ1n) is 7.20. The summed E-state index contributed by atoms with van der Waals surface area (Å²) in [6, 6.07) is 1.68. The van der Waals surface area contributed by atoms with Gasteiger partial charge in [0.05, 0.1) is 11.4 Å². The molecule has 23 heavy (non-hydrogen) atoms. The molecular formula is C15H20ClF2N3O2. The third kappa shape index (κ3) is 5.14. The van der Waals surface area contributed by atoms with Crippen molar-refractivity contribution in [1.29, 1.82) is 0 Å². The molecule has 1 aliphatic rings. The van der Waals surface area contributed by atoms with Gasteiger partial charge in [-0.15, -0.1) is 12.4 Å². The van der Waals surface area contributed by atoms with Gasteiger partial charge in [-0.3, -0.25) is 9.59 Å². The largest absolute Gasteiger partial charge is 0.328 e. The average molecular weight is 348 g/mol. The van der Waals surface area contributed by atoms with E-state index in [1.807, 2.05) is 0 Å². The van der Waals surface area contributed by atoms with Crippen LogP contribution in [0.4, 0.5) is 20.2 Å². The molecule has 2 amide bonds. The summed E-state index contributed by atoms with van der Waals surface area (Å²) in [5, 5.41) is 4.93. The number of nitrogens with two attached hydrogens (primary N) is 1. The first kappa shape index (κ1) is 19.3. The Morgan fingerprint density at radius 2 is 1.70 bits per heavy atom. The van der Waals surface area contributed by atoms with Gasteiger partial charge in [0.15, 0.2) is 11.6 Å². The molecular weight excluding hydrogens is 328 g/mol. The molecule has 0 saturated heterocycles. The highest BCUT2D eigenvalue weighted by Gasteiger charge is 2.26. The monoisotopic (exact) mass is 347 g/mol. The molecule has 0 radical (unpaired) electrons. The highest BCUT2D eigenvalue weighted by atomic mass is 35.5. The lowest BCUT2D eigenvalue weighted by molar-refractivity contribution is -0.121. The van der Waals surface area contributed by atoms with Gasteiger partial charge in [-0.05, 0) is 19.3 Å². The van der Waals surface area contributed by atoms with Crippen LogP contribution < -0.4 is 16.4 Å². The highest BCUT2D eigenvalue weighted by Crippen LogP contribution is 2.28. The molecule has 0 aliphatic heterocycles. The van der Waals surface area contributed by atoms with Gasteiger partial charge in [-0.2, -0.15) is 0 Å². The summed E-state index contributed by atoms with van der Waals surface area (Å²) >= 11 is 0. The van der Waals surface area contributed by atoms with Crippen LogP contribution in [0, 0.1) is 17.6 Å². The summed E-state index contributed by atoms with van der Waals surface area (Å²) in [6.07, 6.45) is 3.01. The van der Waals surface area contributed by atoms with Crippen LogP contribution in [0.15, 0.2) is 12.1 Å². The molecule has 8 heteroatoms. The molecule has 1 aromatic rings. The second-order valence-corrected chi connectivity index (χ2v) is 5.61. The molecule has 1 fully saturated rings. The smallest absolute Gasteiger partial charge is 0.227 e. The Kier molecular flexibility index (Phi) is 6.90. The highest BCUT2D eigenvalue weighted by molar-refractivity contribution is 5.99. The van der Waals surface area contributed by atoms with Gasteiger partial charge in [0.25, 0.3) is 0 Å². The molecule has 128 valence electrons. The molecule has 2 atom stereocenters. The molecule has 1 aliphatic carbocycles. The van der Waals surface area contributed by atoms with Crippen LogP contribution in [-0.4, -0.2) is 17.9 Å². The molecule has 0 aromatic heterocycles. The topological polar surface area (TPSA) is 84.2 Å². The number of benzene rings is 1. The van der Waals surface area contributed by atoms with Crippen molar-refractivity contribution < 1.29 is 18.4 Å². The van der Waals surface area contributed by atoms with Gasteiger partial charge < -0.3 is 16.4 Å². The molecule has 2 unspecified atom stereocenters. The predicted molar refractivity (Wildman–Crippen MR) is 86.5 cm³/mol. The summed E-state index contributed by atoms with van der Waals surface area (Å²) in [5.41, 5.74) is 5.92. The van der Waals surface area contributed by atoms with E-state index in [0.29, 0.717) is 12.8 Å². The second kappa shape index (κ2) is 8.21. The second-order valence-electron chi connectivity index (χ2n) is 5.61. The fourth-order valence-electron chi connectivity index (χ4n) is 2.64. The summed E-state index contributed by atoms with van der Waals surface area (Å²) < 4.78 is 26.7. The number of hydrogen-bond acceptors (Lipinski definition) is 3. The maximum atomic E-state index is 13.4. The Morgan fingerprint density at radius 3 is 2.22 bits per heavy atom. The molecule has 0 spiro atoms. The molecule has 0 heterocycles. The SMILES string of the molecule is CC(=O)Nc1cc(F)c(F)cc1NC(=O)C1CCCC(N)C1.Cl. The number of carbonyl (C=O) groups excluding carboxylic acids is 2. The van der Waals surface area contributed by atoms with E-state index in [1.54, 1.807) is 0 Å². The molecule has 5 nitrogen and oxygen atoms in total. The zero-order valence-corrected chi connectivity index (χ0v) is 13.5. The minimum atomic E-state index is -1.10. The van der Waals surface area contributed by atoms with Gasteiger partial charge in [0.2, 0.25) is 11.8 Å². The van der Waals surface area contributed by atoms with E-state index in [-0.39, 0.29) is 41.6 Å². The molecule has 1 saturated carbocycles. The third-order valence-corrected chi connectivity index (χ3v) is 3.71. The zero-order valence-electron chi connectivity index (χ0n) is 12.7. The van der Waals surface area contributed by atoms with Crippen LogP contribution in [0.3, 0.4) is 0 Å². The van der Waals surface area contributed by atoms with Gasteiger partial charge in [0.1, 0.15) is 0 Å². The predicted octanol–water partition coefficient (Wildman–Crippen LogP) is 2.80. The summed E-state index contributed by atoms with van der Waals surface area (Å²) in [6.45, 7) is 1.24. The van der Waals surface area contributed by atoms with E-state index < -0.39 is 17.5 Å². The van der Waals surface area contributed by atoms with Crippen LogP contribution in [0.2, 0.25) is 0 Å². The Morgan fingerprint density at radius 1 is 1.13 bits per heavy atom. The van der Waals surface area contributed by atoms with Crippen molar-refractivity contribution in [3.63, 3.8) is 0 Å². The Labute approximate surface area is 139 Å². The van der Waals surface area contributed by atoms with Crippen LogP contribution in [0.5, 0.6) is 0 Å². The van der Waals surface area contributed by atoms with E-state index in [2.05, 4.69) is 10.6 Å². The van der Waals surface area contributed by atoms with Crippen LogP contribution in [0.25, 0.3) is 0 Å². The maximum Gasteiger partial charge on any atom is 0.227 e. The lowest BCUT2D eigenvalue weighted by atomic mass is 9.85. The van der Waals surface area contributed by atoms with Crippen molar-refractivity contribution in [2.45, 2.75) is 38.6 Å². The van der Waals surface area contributed by atoms with Crippen LogP contribution in [0.1, 0.15) is 32.6 Å². The standard InChI is InChI=1S/C15H19F2N3O2.ClH/c1-8(21)19-13-6-11(16)12(17)7-14(13)20-15(22)9-3-2-4-10(18)5-9;/h6-7,9-10H,2-5,18H2,1H3,(H,19,21)(H,20,22);1H. The van der Waals surface area contributed by atoms with E-state index in [9.17, 15) is 18.4 Å². The van der Waals surface area contributed by atoms with Gasteiger partial charge in [-0.1, -0.05) is 6.42 Å². The van der Waals surface area contributed by atoms with Gasteiger partial charge >= 0.3 is 0 Å². The quantitative estimate of drug-likeness (QED) is 0.786. The third-order valence-electron chi connectivity index (χ3n) is 3.71. The van der Waals surface area contributed by atoms with Crippen molar-refractivity contribution in [2.75, 3.05) is 10.6 Å². The van der Waals surface area contributed by atoms with E-state index in [0.717, 1.165) is 25.0 Å². The van der Waals surface area contributed by atoms with Crippen LogP contribution in [-0.2, 0) is 9.59 Å². The van der Waals surface area contributed by atoms with Gasteiger partial charge in [-0.25, -0.2) is 8.78 Å². The molecule has 0 bridgehead atoms. The van der Waals surface area contributed by atoms with E-state index >= 15 is 0 Å². The number of halogens is 3. The fourth-order valence-corrected chi connectivity index (χ4v) is 2.64. The average Bonchev–Trinajstić information content (AvgIpc) is 2.43. The number of amides is 2. The number of carbonyl (C=O) groups is 2. The minimum Gasteiger partial charge on any atom is -0.328 e. The maximum absolute atomic E-state index is 13.4. The van der Waals surface area contributed by atoms with Crippen molar-refractivity contribution in [3.05, 3.63) is 23.8 Å². The van der Waals surface area contributed by atoms with E-state index in [4.69, 9.17) is 5.73 Å². The zero-order chi connectivity index (χ0) is 16.3. The number of nitrogens with one attached hydrogen (secondary N) is 2. The number of hydrogen-bond donors (Lipinski definition) is 3. The fraction of sp³-hybridized carbons (Fsp3) is 0.467. The lowest BCUT2D eigenvalue weighted by Crippen LogP contribution is -2.34. The summed E-state index contributed by atoms with van der Waals surface area (Å²) in [5.74, 6) is -3.19. The Hall–Kier alpha value is -1.73. The Balaban J connectivity index is 0.00000264. The first-order valence-corrected chi connectivity index (χ1v) is 7.20. The van der Waals surface area contributed by atoms with Crippen LogP contribution >= 0.6 is 12.4 Å². The minimum absolute atomic E-state index is 0. The Bertz CT molecular complexity index is 598. The molecule has 1 aromatic carbocycles. The van der Waals surface area contributed by atoms with Crippen molar-refractivity contribution >= 4 is 35.6 Å². The van der Waals surface area contributed by atoms with E-state index in [1.165, 1.54) is 6.92 Å². The van der Waals surface area contributed by atoms with Gasteiger partial charge in [0, 0.05) is 31.0 Å². The number of anilines is 2. The van der Waals surface area contributed by atoms with Crippen molar-refractivity contribution in [3.8, 4) is 0 Å². The first-order chi connectivity index (χ1) is 10.4. The van der Waals surface area contributed by atoms with Crippen molar-refractivity contribution in [1.82, 2.24) is 0 Å². The van der Waals surface area contributed by atoms with Crippen molar-refractivity contribution in [2.24, 2.45) is 11.7 Å². The molecule has 4 N–H and O–H groups in total. The summed E-state index contributed by atoms with van der Waals surface area (Å²) in [4.78, 5) is 23.4. The molecule has 2 rings (SSSR count). The lowest BCUT2D eigenvalue weighted by Gasteiger charge is -2.26.